The Morgan fingerprint density at radius 1 is 1.23 bits per heavy atom. The van der Waals surface area contributed by atoms with Crippen LogP contribution >= 0.6 is 11.6 Å². The summed E-state index contributed by atoms with van der Waals surface area (Å²) in [5.41, 5.74) is 2.01. The molecule has 1 saturated heterocycles. The number of anilines is 1. The molecule has 3 heterocycles. The molecule has 0 spiro atoms. The van der Waals surface area contributed by atoms with Gasteiger partial charge in [-0.3, -0.25) is 4.98 Å². The lowest BCUT2D eigenvalue weighted by Crippen LogP contribution is -2.42. The van der Waals surface area contributed by atoms with E-state index >= 15 is 0 Å². The van der Waals surface area contributed by atoms with E-state index in [9.17, 15) is 5.11 Å². The van der Waals surface area contributed by atoms with Crippen LogP contribution in [0.3, 0.4) is 0 Å². The Morgan fingerprint density at radius 3 is 2.74 bits per heavy atom. The number of hydrogen-bond acceptors (Lipinski definition) is 7. The first-order chi connectivity index (χ1) is 16.9. The van der Waals surface area contributed by atoms with E-state index in [1.807, 2.05) is 18.2 Å². The van der Waals surface area contributed by atoms with E-state index in [-0.39, 0.29) is 0 Å². The molecular weight excluding hydrogens is 464 g/mol. The normalized spacial score (nSPS) is 23.1. The fraction of sp³-hybridized carbons (Fsp3) is 0.630. The van der Waals surface area contributed by atoms with Gasteiger partial charge in [-0.05, 0) is 63.1 Å². The van der Waals surface area contributed by atoms with Crippen molar-refractivity contribution < 1.29 is 14.6 Å². The number of pyridine rings is 2. The van der Waals surface area contributed by atoms with Crippen molar-refractivity contribution >= 4 is 17.4 Å². The molecule has 0 bridgehead atoms. The summed E-state index contributed by atoms with van der Waals surface area (Å²) in [4.78, 5) is 9.40. The Labute approximate surface area is 214 Å². The molecule has 35 heavy (non-hydrogen) atoms. The quantitative estimate of drug-likeness (QED) is 0.441. The van der Waals surface area contributed by atoms with Gasteiger partial charge >= 0.3 is 0 Å². The number of methoxy groups -OCH3 is 1. The number of nitrogens with one attached hydrogen (secondary N) is 2. The van der Waals surface area contributed by atoms with Crippen LogP contribution in [0.2, 0.25) is 5.02 Å². The molecule has 0 aromatic carbocycles. The van der Waals surface area contributed by atoms with Crippen LogP contribution < -0.4 is 10.6 Å². The zero-order valence-corrected chi connectivity index (χ0v) is 21.7. The van der Waals surface area contributed by atoms with Crippen molar-refractivity contribution in [3.8, 4) is 11.3 Å². The topological polar surface area (TPSA) is 88.5 Å². The van der Waals surface area contributed by atoms with Crippen molar-refractivity contribution in [3.63, 3.8) is 0 Å². The lowest BCUT2D eigenvalue weighted by atomic mass is 9.83. The first-order valence-electron chi connectivity index (χ1n) is 12.8. The third kappa shape index (κ3) is 7.61. The number of hydrogen-bond donors (Lipinski definition) is 3. The van der Waals surface area contributed by atoms with Crippen molar-refractivity contribution in [2.45, 2.75) is 69.6 Å². The van der Waals surface area contributed by atoms with Gasteiger partial charge in [-0.1, -0.05) is 17.7 Å². The highest BCUT2D eigenvalue weighted by Gasteiger charge is 2.29. The molecule has 2 aliphatic rings. The highest BCUT2D eigenvalue weighted by atomic mass is 35.5. The maximum Gasteiger partial charge on any atom is 0.126 e. The SMILES string of the molecule is COC[C@H](C)NC1CCC(Cc2cc(-c3cccc(NCC4(O)CCOCC4)n3)c(Cl)cn2)CC1. The van der Waals surface area contributed by atoms with Crippen LogP contribution in [0.1, 0.15) is 51.1 Å². The molecule has 1 aliphatic heterocycles. The van der Waals surface area contributed by atoms with Crippen LogP contribution in [0.4, 0.5) is 5.82 Å². The van der Waals surface area contributed by atoms with Gasteiger partial charge in [-0.2, -0.15) is 0 Å². The summed E-state index contributed by atoms with van der Waals surface area (Å²) in [6.45, 7) is 4.56. The lowest BCUT2D eigenvalue weighted by molar-refractivity contribution is -0.0543. The highest BCUT2D eigenvalue weighted by Crippen LogP contribution is 2.31. The Balaban J connectivity index is 1.36. The zero-order chi connectivity index (χ0) is 24.7. The van der Waals surface area contributed by atoms with Gasteiger partial charge in [-0.15, -0.1) is 0 Å². The Hall–Kier alpha value is -1.77. The Kier molecular flexibility index (Phi) is 9.36. The fourth-order valence-electron chi connectivity index (χ4n) is 5.19. The predicted octanol–water partition coefficient (Wildman–Crippen LogP) is 4.48. The molecule has 2 aromatic rings. The minimum Gasteiger partial charge on any atom is -0.388 e. The number of nitrogens with zero attached hydrogens (tertiary/aromatic N) is 2. The summed E-state index contributed by atoms with van der Waals surface area (Å²) in [6.07, 6.45) is 8.73. The molecule has 1 atom stereocenters. The van der Waals surface area contributed by atoms with Gasteiger partial charge in [0.2, 0.25) is 0 Å². The largest absolute Gasteiger partial charge is 0.388 e. The van der Waals surface area contributed by atoms with Crippen LogP contribution in [-0.2, 0) is 15.9 Å². The lowest BCUT2D eigenvalue weighted by Gasteiger charge is -2.32. The number of rotatable bonds is 10. The summed E-state index contributed by atoms with van der Waals surface area (Å²) < 4.78 is 10.6. The van der Waals surface area contributed by atoms with Gasteiger partial charge in [-0.25, -0.2) is 4.98 Å². The molecule has 3 N–H and O–H groups in total. The fourth-order valence-corrected chi connectivity index (χ4v) is 5.39. The molecule has 2 fully saturated rings. The van der Waals surface area contributed by atoms with Gasteiger partial charge in [0.25, 0.3) is 0 Å². The van der Waals surface area contributed by atoms with Gasteiger partial charge in [0.15, 0.2) is 0 Å². The molecular formula is C27H39ClN4O3. The first kappa shape index (κ1) is 26.3. The zero-order valence-electron chi connectivity index (χ0n) is 20.9. The third-order valence-electron chi connectivity index (χ3n) is 7.24. The van der Waals surface area contributed by atoms with Crippen molar-refractivity contribution in [1.82, 2.24) is 15.3 Å². The Morgan fingerprint density at radius 2 is 2.00 bits per heavy atom. The van der Waals surface area contributed by atoms with Crippen molar-refractivity contribution in [2.24, 2.45) is 5.92 Å². The summed E-state index contributed by atoms with van der Waals surface area (Å²) in [6, 6.07) is 8.90. The summed E-state index contributed by atoms with van der Waals surface area (Å²) in [5.74, 6) is 1.36. The van der Waals surface area contributed by atoms with Gasteiger partial charge in [0, 0.05) is 69.2 Å². The molecule has 8 heteroatoms. The molecule has 0 radical (unpaired) electrons. The van der Waals surface area contributed by atoms with Gasteiger partial charge in [0.05, 0.1) is 22.9 Å². The van der Waals surface area contributed by atoms with Gasteiger partial charge in [0.1, 0.15) is 5.82 Å². The molecule has 0 amide bonds. The average Bonchev–Trinajstić information content (AvgIpc) is 2.86. The van der Waals surface area contributed by atoms with Crippen molar-refractivity contribution in [2.75, 3.05) is 38.8 Å². The molecule has 0 unspecified atom stereocenters. The maximum atomic E-state index is 10.7. The maximum absolute atomic E-state index is 10.7. The minimum absolute atomic E-state index is 0.388. The molecule has 192 valence electrons. The Bertz CT molecular complexity index is 946. The van der Waals surface area contributed by atoms with E-state index in [0.29, 0.717) is 55.6 Å². The van der Waals surface area contributed by atoms with E-state index in [0.717, 1.165) is 35.8 Å². The van der Waals surface area contributed by atoms with Gasteiger partial charge < -0.3 is 25.2 Å². The van der Waals surface area contributed by atoms with Crippen molar-refractivity contribution in [3.05, 3.63) is 41.2 Å². The molecule has 1 aliphatic carbocycles. The average molecular weight is 503 g/mol. The van der Waals surface area contributed by atoms with E-state index in [1.165, 1.54) is 25.7 Å². The summed E-state index contributed by atoms with van der Waals surface area (Å²) in [5, 5.41) is 18.3. The van der Waals surface area contributed by atoms with E-state index < -0.39 is 5.60 Å². The number of ether oxygens (including phenoxy) is 2. The summed E-state index contributed by atoms with van der Waals surface area (Å²) >= 11 is 6.54. The second kappa shape index (κ2) is 12.5. The van der Waals surface area contributed by atoms with Crippen LogP contribution in [0.5, 0.6) is 0 Å². The molecule has 4 rings (SSSR count). The van der Waals surface area contributed by atoms with E-state index in [4.69, 9.17) is 26.1 Å². The highest BCUT2D eigenvalue weighted by molar-refractivity contribution is 6.33. The summed E-state index contributed by atoms with van der Waals surface area (Å²) in [7, 11) is 1.75. The number of aromatic nitrogens is 2. The molecule has 1 saturated carbocycles. The van der Waals surface area contributed by atoms with E-state index in [2.05, 4.69) is 28.6 Å². The third-order valence-corrected chi connectivity index (χ3v) is 7.54. The second-order valence-corrected chi connectivity index (χ2v) is 10.6. The van der Waals surface area contributed by atoms with Crippen molar-refractivity contribution in [1.29, 1.82) is 0 Å². The van der Waals surface area contributed by atoms with E-state index in [1.54, 1.807) is 13.3 Å². The second-order valence-electron chi connectivity index (χ2n) is 10.2. The number of aliphatic hydroxyl groups is 1. The smallest absolute Gasteiger partial charge is 0.126 e. The van der Waals surface area contributed by atoms with Crippen LogP contribution in [0.25, 0.3) is 11.3 Å². The predicted molar refractivity (Wildman–Crippen MR) is 140 cm³/mol. The van der Waals surface area contributed by atoms with Crippen LogP contribution in [-0.4, -0.2) is 66.2 Å². The minimum atomic E-state index is -0.756. The van der Waals surface area contributed by atoms with Crippen LogP contribution in [0.15, 0.2) is 30.5 Å². The molecule has 7 nitrogen and oxygen atoms in total. The number of halogens is 1. The monoisotopic (exact) mass is 502 g/mol. The standard InChI is InChI=1S/C27H39ClN4O3/c1-19(17-34-2)31-21-8-6-20(7-9-21)14-22-15-23(24(28)16-29-22)25-4-3-5-26(32-25)30-18-27(33)10-12-35-13-11-27/h3-5,15-16,19-21,31,33H,6-14,17-18H2,1-2H3,(H,30,32)/t19-,20?,21?/m0/s1. The first-order valence-corrected chi connectivity index (χ1v) is 13.2. The molecule has 2 aromatic heterocycles. The van der Waals surface area contributed by atoms with Crippen LogP contribution in [0, 0.1) is 5.92 Å².